The second-order valence-electron chi connectivity index (χ2n) is 4.55. The highest BCUT2D eigenvalue weighted by Crippen LogP contribution is 2.34. The molecule has 0 bridgehead atoms. The lowest BCUT2D eigenvalue weighted by molar-refractivity contribution is 0.374. The van der Waals surface area contributed by atoms with Crippen LogP contribution >= 0.6 is 27.7 Å². The number of hydrogen-bond donors (Lipinski definition) is 0. The molecular formula is C14H13BrN4O2S. The van der Waals surface area contributed by atoms with Crippen LogP contribution in [-0.2, 0) is 6.42 Å². The van der Waals surface area contributed by atoms with Crippen molar-refractivity contribution in [3.63, 3.8) is 0 Å². The molecule has 6 nitrogen and oxygen atoms in total. The highest BCUT2D eigenvalue weighted by Gasteiger charge is 2.19. The van der Waals surface area contributed by atoms with Gasteiger partial charge in [0, 0.05) is 16.5 Å². The number of rotatable bonds is 5. The molecule has 0 spiro atoms. The fourth-order valence-electron chi connectivity index (χ4n) is 1.77. The lowest BCUT2D eigenvalue weighted by Crippen LogP contribution is -1.90. The van der Waals surface area contributed by atoms with Gasteiger partial charge in [0.15, 0.2) is 5.82 Å². The van der Waals surface area contributed by atoms with E-state index in [1.807, 2.05) is 38.1 Å². The normalized spacial score (nSPS) is 12.5. The van der Waals surface area contributed by atoms with Gasteiger partial charge in [-0.05, 0) is 25.1 Å². The van der Waals surface area contributed by atoms with Gasteiger partial charge in [-0.15, -0.1) is 10.2 Å². The quantitative estimate of drug-likeness (QED) is 0.610. The molecule has 2 aromatic heterocycles. The van der Waals surface area contributed by atoms with E-state index in [0.29, 0.717) is 22.8 Å². The smallest absolute Gasteiger partial charge is 0.277 e. The zero-order chi connectivity index (χ0) is 15.5. The molecule has 1 atom stereocenters. The molecule has 1 unspecified atom stereocenters. The highest BCUT2D eigenvalue weighted by molar-refractivity contribution is 9.10. The standard InChI is InChI=1S/C14H13BrN4O2S/c1-3-11-16-12(21-19-11)8(2)22-14-18-17-13(20-14)9-5-4-6-10(15)7-9/h4-8H,3H2,1-2H3. The third-order valence-corrected chi connectivity index (χ3v) is 4.32. The Bertz CT molecular complexity index is 774. The number of hydrogen-bond acceptors (Lipinski definition) is 7. The van der Waals surface area contributed by atoms with E-state index in [9.17, 15) is 0 Å². The maximum absolute atomic E-state index is 5.68. The maximum atomic E-state index is 5.68. The van der Waals surface area contributed by atoms with Crippen molar-refractivity contribution in [3.05, 3.63) is 40.5 Å². The van der Waals surface area contributed by atoms with Crippen LogP contribution in [0.2, 0.25) is 0 Å². The minimum Gasteiger partial charge on any atom is -0.411 e. The van der Waals surface area contributed by atoms with Crippen molar-refractivity contribution in [2.75, 3.05) is 0 Å². The molecule has 0 amide bonds. The van der Waals surface area contributed by atoms with Crippen LogP contribution in [0.5, 0.6) is 0 Å². The van der Waals surface area contributed by atoms with Crippen LogP contribution in [-0.4, -0.2) is 20.3 Å². The first kappa shape index (κ1) is 15.2. The van der Waals surface area contributed by atoms with Crippen molar-refractivity contribution in [3.8, 4) is 11.5 Å². The first-order valence-electron chi connectivity index (χ1n) is 6.74. The summed E-state index contributed by atoms with van der Waals surface area (Å²) in [4.78, 5) is 4.31. The fraction of sp³-hybridized carbons (Fsp3) is 0.286. The third kappa shape index (κ3) is 3.38. The molecule has 0 aliphatic rings. The Hall–Kier alpha value is -1.67. The van der Waals surface area contributed by atoms with Crippen LogP contribution in [0.25, 0.3) is 11.5 Å². The lowest BCUT2D eigenvalue weighted by Gasteiger charge is -2.00. The number of thioether (sulfide) groups is 1. The number of aryl methyl sites for hydroxylation is 1. The van der Waals surface area contributed by atoms with E-state index >= 15 is 0 Å². The predicted molar refractivity (Wildman–Crippen MR) is 85.4 cm³/mol. The van der Waals surface area contributed by atoms with Gasteiger partial charge in [-0.25, -0.2) is 0 Å². The summed E-state index contributed by atoms with van der Waals surface area (Å²) in [5, 5.41) is 12.4. The maximum Gasteiger partial charge on any atom is 0.277 e. The van der Waals surface area contributed by atoms with Gasteiger partial charge in [0.05, 0.1) is 5.25 Å². The highest BCUT2D eigenvalue weighted by atomic mass is 79.9. The van der Waals surface area contributed by atoms with Crippen molar-refractivity contribution in [1.82, 2.24) is 20.3 Å². The molecule has 0 N–H and O–H groups in total. The molecule has 0 saturated carbocycles. The molecule has 8 heteroatoms. The molecule has 0 fully saturated rings. The Morgan fingerprint density at radius 3 is 2.91 bits per heavy atom. The zero-order valence-electron chi connectivity index (χ0n) is 12.0. The lowest BCUT2D eigenvalue weighted by atomic mass is 10.2. The summed E-state index contributed by atoms with van der Waals surface area (Å²) in [7, 11) is 0. The van der Waals surface area contributed by atoms with Crippen LogP contribution < -0.4 is 0 Å². The van der Waals surface area contributed by atoms with Gasteiger partial charge in [0.1, 0.15) is 0 Å². The van der Waals surface area contributed by atoms with E-state index in [1.165, 1.54) is 11.8 Å². The van der Waals surface area contributed by atoms with Gasteiger partial charge in [0.2, 0.25) is 11.8 Å². The summed E-state index contributed by atoms with van der Waals surface area (Å²) >= 11 is 4.82. The third-order valence-electron chi connectivity index (χ3n) is 2.90. The first-order chi connectivity index (χ1) is 10.7. The molecule has 0 saturated heterocycles. The van der Waals surface area contributed by atoms with E-state index in [1.54, 1.807) is 0 Å². The number of aromatic nitrogens is 4. The number of halogens is 1. The minimum absolute atomic E-state index is 0.0522. The molecule has 0 aliphatic heterocycles. The number of benzene rings is 1. The Morgan fingerprint density at radius 2 is 2.18 bits per heavy atom. The molecule has 2 heterocycles. The average Bonchev–Trinajstić information content (AvgIpc) is 3.16. The minimum atomic E-state index is -0.0522. The van der Waals surface area contributed by atoms with E-state index in [0.717, 1.165) is 16.5 Å². The van der Waals surface area contributed by atoms with Gasteiger partial charge in [-0.3, -0.25) is 0 Å². The molecule has 114 valence electrons. The van der Waals surface area contributed by atoms with Crippen molar-refractivity contribution in [2.24, 2.45) is 0 Å². The SMILES string of the molecule is CCc1noc(C(C)Sc2nnc(-c3cccc(Br)c3)o2)n1. The first-order valence-corrected chi connectivity index (χ1v) is 8.41. The van der Waals surface area contributed by atoms with Crippen LogP contribution in [0.1, 0.15) is 30.8 Å². The Balaban J connectivity index is 1.74. The van der Waals surface area contributed by atoms with Crippen LogP contribution in [0, 0.1) is 0 Å². The molecule has 3 aromatic rings. The average molecular weight is 381 g/mol. The molecule has 3 rings (SSSR count). The van der Waals surface area contributed by atoms with Crippen molar-refractivity contribution in [2.45, 2.75) is 30.7 Å². The van der Waals surface area contributed by atoms with E-state index in [-0.39, 0.29) is 5.25 Å². The van der Waals surface area contributed by atoms with Crippen molar-refractivity contribution in [1.29, 1.82) is 0 Å². The van der Waals surface area contributed by atoms with E-state index in [2.05, 4.69) is 36.3 Å². The predicted octanol–water partition coefficient (Wildman–Crippen LogP) is 4.30. The molecular weight excluding hydrogens is 368 g/mol. The van der Waals surface area contributed by atoms with Crippen molar-refractivity contribution < 1.29 is 8.94 Å². The van der Waals surface area contributed by atoms with Gasteiger partial charge in [-0.2, -0.15) is 4.98 Å². The van der Waals surface area contributed by atoms with Gasteiger partial charge < -0.3 is 8.94 Å². The van der Waals surface area contributed by atoms with Crippen LogP contribution in [0.4, 0.5) is 0 Å². The Morgan fingerprint density at radius 1 is 1.32 bits per heavy atom. The second-order valence-corrected chi connectivity index (χ2v) is 6.75. The van der Waals surface area contributed by atoms with E-state index in [4.69, 9.17) is 8.94 Å². The topological polar surface area (TPSA) is 77.8 Å². The summed E-state index contributed by atoms with van der Waals surface area (Å²) in [6.45, 7) is 3.94. The number of nitrogens with zero attached hydrogens (tertiary/aromatic N) is 4. The molecule has 0 radical (unpaired) electrons. The van der Waals surface area contributed by atoms with Crippen LogP contribution in [0.3, 0.4) is 0 Å². The monoisotopic (exact) mass is 380 g/mol. The van der Waals surface area contributed by atoms with Gasteiger partial charge in [0.25, 0.3) is 5.22 Å². The fourth-order valence-corrected chi connectivity index (χ4v) is 2.89. The summed E-state index contributed by atoms with van der Waals surface area (Å²) < 4.78 is 11.9. The van der Waals surface area contributed by atoms with E-state index < -0.39 is 0 Å². The summed E-state index contributed by atoms with van der Waals surface area (Å²) in [5.41, 5.74) is 0.868. The van der Waals surface area contributed by atoms with Gasteiger partial charge in [-0.1, -0.05) is 45.8 Å². The second kappa shape index (κ2) is 6.62. The largest absolute Gasteiger partial charge is 0.411 e. The summed E-state index contributed by atoms with van der Waals surface area (Å²) in [6, 6.07) is 7.71. The molecule has 1 aromatic carbocycles. The summed E-state index contributed by atoms with van der Waals surface area (Å²) in [6.07, 6.45) is 0.745. The Kier molecular flexibility index (Phi) is 4.58. The molecule has 0 aliphatic carbocycles. The zero-order valence-corrected chi connectivity index (χ0v) is 14.4. The summed E-state index contributed by atoms with van der Waals surface area (Å²) in [5.74, 6) is 1.74. The molecule has 22 heavy (non-hydrogen) atoms. The van der Waals surface area contributed by atoms with Gasteiger partial charge >= 0.3 is 0 Å². The van der Waals surface area contributed by atoms with Crippen molar-refractivity contribution >= 4 is 27.7 Å². The van der Waals surface area contributed by atoms with Crippen LogP contribution in [0.15, 0.2) is 42.9 Å². The Labute approximate surface area is 139 Å².